The van der Waals surface area contributed by atoms with Crippen molar-refractivity contribution in [2.75, 3.05) is 0 Å². The molecule has 4 nitrogen and oxygen atoms in total. The van der Waals surface area contributed by atoms with Gasteiger partial charge in [-0.15, -0.1) is 0 Å². The molecule has 0 saturated carbocycles. The Morgan fingerprint density at radius 3 is 2.58 bits per heavy atom. The molecule has 0 aliphatic heterocycles. The molecule has 19 heavy (non-hydrogen) atoms. The Labute approximate surface area is 110 Å². The topological polar surface area (TPSA) is 55.0 Å². The lowest BCUT2D eigenvalue weighted by molar-refractivity contribution is -0.133. The molecule has 1 heterocycles. The van der Waals surface area contributed by atoms with Gasteiger partial charge in [-0.3, -0.25) is 4.79 Å². The molecule has 0 bridgehead atoms. The molecule has 2 aromatic carbocycles. The van der Waals surface area contributed by atoms with Crippen molar-refractivity contribution in [3.63, 3.8) is 0 Å². The van der Waals surface area contributed by atoms with Crippen LogP contribution in [0.15, 0.2) is 54.6 Å². The van der Waals surface area contributed by atoms with Gasteiger partial charge in [-0.1, -0.05) is 30.3 Å². The number of aromatic amines is 1. The van der Waals surface area contributed by atoms with Gasteiger partial charge in [0.05, 0.1) is 11.0 Å². The fraction of sp³-hybridized carbons (Fsp3) is 0.0667. The summed E-state index contributed by atoms with van der Waals surface area (Å²) < 4.78 is 5.22. The summed E-state index contributed by atoms with van der Waals surface area (Å²) >= 11 is 0. The van der Waals surface area contributed by atoms with Gasteiger partial charge >= 0.3 is 5.97 Å². The van der Waals surface area contributed by atoms with Crippen LogP contribution >= 0.6 is 0 Å². The minimum absolute atomic E-state index is 0.129. The van der Waals surface area contributed by atoms with E-state index in [1.165, 1.54) is 0 Å². The van der Waals surface area contributed by atoms with Crippen molar-refractivity contribution < 1.29 is 9.53 Å². The summed E-state index contributed by atoms with van der Waals surface area (Å²) in [6.45, 7) is 0. The maximum atomic E-state index is 11.8. The van der Waals surface area contributed by atoms with Crippen molar-refractivity contribution in [1.82, 2.24) is 9.97 Å². The molecule has 0 saturated heterocycles. The van der Waals surface area contributed by atoms with E-state index >= 15 is 0 Å². The van der Waals surface area contributed by atoms with Crippen LogP contribution in [0.4, 0.5) is 0 Å². The van der Waals surface area contributed by atoms with Crippen molar-refractivity contribution >= 4 is 17.0 Å². The zero-order chi connectivity index (χ0) is 13.1. The molecule has 1 N–H and O–H groups in total. The fourth-order valence-corrected chi connectivity index (χ4v) is 1.88. The SMILES string of the molecule is O=C(Cc1nc2ccccc2[nH]1)Oc1ccccc1. The second-order valence-corrected chi connectivity index (χ2v) is 4.16. The van der Waals surface area contributed by atoms with Gasteiger partial charge in [-0.25, -0.2) is 4.98 Å². The minimum atomic E-state index is -0.328. The number of H-pyrrole nitrogens is 1. The Balaban J connectivity index is 1.72. The van der Waals surface area contributed by atoms with Gasteiger partial charge in [0.15, 0.2) is 0 Å². The number of nitrogens with zero attached hydrogens (tertiary/aromatic N) is 1. The highest BCUT2D eigenvalue weighted by molar-refractivity contribution is 5.78. The zero-order valence-corrected chi connectivity index (χ0v) is 10.2. The fourth-order valence-electron chi connectivity index (χ4n) is 1.88. The third-order valence-corrected chi connectivity index (χ3v) is 2.73. The number of para-hydroxylation sites is 3. The maximum Gasteiger partial charge on any atom is 0.318 e. The van der Waals surface area contributed by atoms with Crippen LogP contribution in [0.2, 0.25) is 0 Å². The molecule has 0 fully saturated rings. The molecular weight excluding hydrogens is 240 g/mol. The summed E-state index contributed by atoms with van der Waals surface area (Å²) in [4.78, 5) is 19.2. The van der Waals surface area contributed by atoms with E-state index < -0.39 is 0 Å². The van der Waals surface area contributed by atoms with Crippen molar-refractivity contribution in [3.05, 3.63) is 60.4 Å². The van der Waals surface area contributed by atoms with E-state index in [2.05, 4.69) is 9.97 Å². The predicted molar refractivity (Wildman–Crippen MR) is 71.9 cm³/mol. The summed E-state index contributed by atoms with van der Waals surface area (Å²) in [7, 11) is 0. The van der Waals surface area contributed by atoms with Crippen molar-refractivity contribution in [3.8, 4) is 5.75 Å². The van der Waals surface area contributed by atoms with Gasteiger partial charge in [0, 0.05) is 0 Å². The number of nitrogens with one attached hydrogen (secondary N) is 1. The summed E-state index contributed by atoms with van der Waals surface area (Å²) in [5.41, 5.74) is 1.77. The van der Waals surface area contributed by atoms with Crippen molar-refractivity contribution in [2.24, 2.45) is 0 Å². The third kappa shape index (κ3) is 2.63. The van der Waals surface area contributed by atoms with Crippen LogP contribution < -0.4 is 4.74 Å². The largest absolute Gasteiger partial charge is 0.426 e. The number of hydrogen-bond donors (Lipinski definition) is 1. The second kappa shape index (κ2) is 4.94. The molecule has 94 valence electrons. The van der Waals surface area contributed by atoms with Gasteiger partial charge in [0.25, 0.3) is 0 Å². The number of fused-ring (bicyclic) bond motifs is 1. The molecular formula is C15H12N2O2. The number of imidazole rings is 1. The van der Waals surface area contributed by atoms with Gasteiger partial charge in [0.2, 0.25) is 0 Å². The average Bonchev–Trinajstić information content (AvgIpc) is 2.81. The molecule has 4 heteroatoms. The number of rotatable bonds is 3. The lowest BCUT2D eigenvalue weighted by Crippen LogP contribution is -2.12. The molecule has 0 unspecified atom stereocenters. The van der Waals surface area contributed by atoms with Crippen LogP contribution in [0.3, 0.4) is 0 Å². The van der Waals surface area contributed by atoms with E-state index in [-0.39, 0.29) is 12.4 Å². The van der Waals surface area contributed by atoms with E-state index in [0.717, 1.165) is 11.0 Å². The Hall–Kier alpha value is -2.62. The number of benzene rings is 2. The highest BCUT2D eigenvalue weighted by Gasteiger charge is 2.09. The Morgan fingerprint density at radius 2 is 1.79 bits per heavy atom. The quantitative estimate of drug-likeness (QED) is 0.576. The summed E-state index contributed by atoms with van der Waals surface area (Å²) in [6.07, 6.45) is 0.129. The first kappa shape index (κ1) is 11.5. The average molecular weight is 252 g/mol. The Kier molecular flexibility index (Phi) is 2.98. The number of aromatic nitrogens is 2. The molecule has 0 aliphatic carbocycles. The summed E-state index contributed by atoms with van der Waals surface area (Å²) in [5, 5.41) is 0. The lowest BCUT2D eigenvalue weighted by Gasteiger charge is -2.01. The lowest BCUT2D eigenvalue weighted by atomic mass is 10.3. The standard InChI is InChI=1S/C15H12N2O2/c18-15(19-11-6-2-1-3-7-11)10-14-16-12-8-4-5-9-13(12)17-14/h1-9H,10H2,(H,16,17). The highest BCUT2D eigenvalue weighted by atomic mass is 16.5. The molecule has 0 aliphatic rings. The molecule has 0 radical (unpaired) electrons. The van der Waals surface area contributed by atoms with Gasteiger partial charge < -0.3 is 9.72 Å². The molecule has 0 spiro atoms. The third-order valence-electron chi connectivity index (χ3n) is 2.73. The number of ether oxygens (including phenoxy) is 1. The molecule has 3 rings (SSSR count). The van der Waals surface area contributed by atoms with E-state index in [4.69, 9.17) is 4.74 Å². The van der Waals surface area contributed by atoms with Crippen molar-refractivity contribution in [2.45, 2.75) is 6.42 Å². The number of hydrogen-bond acceptors (Lipinski definition) is 3. The summed E-state index contributed by atoms with van der Waals surface area (Å²) in [6, 6.07) is 16.7. The maximum absolute atomic E-state index is 11.8. The summed E-state index contributed by atoms with van der Waals surface area (Å²) in [5.74, 6) is 0.830. The Morgan fingerprint density at radius 1 is 1.05 bits per heavy atom. The van der Waals surface area contributed by atoms with Crippen LogP contribution in [0, 0.1) is 0 Å². The predicted octanol–water partition coefficient (Wildman–Crippen LogP) is 2.71. The second-order valence-electron chi connectivity index (χ2n) is 4.16. The number of carbonyl (C=O) groups excluding carboxylic acids is 1. The normalized spacial score (nSPS) is 10.5. The molecule has 3 aromatic rings. The van der Waals surface area contributed by atoms with Crippen LogP contribution in [-0.4, -0.2) is 15.9 Å². The smallest absolute Gasteiger partial charge is 0.318 e. The van der Waals surface area contributed by atoms with Gasteiger partial charge in [0.1, 0.15) is 18.0 Å². The van der Waals surface area contributed by atoms with Crippen LogP contribution in [0.25, 0.3) is 11.0 Å². The van der Waals surface area contributed by atoms with E-state index in [1.54, 1.807) is 12.1 Å². The number of esters is 1. The first-order valence-electron chi connectivity index (χ1n) is 6.00. The van der Waals surface area contributed by atoms with Crippen molar-refractivity contribution in [1.29, 1.82) is 0 Å². The van der Waals surface area contributed by atoms with Crippen LogP contribution in [0.5, 0.6) is 5.75 Å². The monoisotopic (exact) mass is 252 g/mol. The molecule has 0 amide bonds. The van der Waals surface area contributed by atoms with E-state index in [9.17, 15) is 4.79 Å². The Bertz CT molecular complexity index is 671. The number of carbonyl (C=O) groups is 1. The van der Waals surface area contributed by atoms with Crippen LogP contribution in [0.1, 0.15) is 5.82 Å². The van der Waals surface area contributed by atoms with Crippen LogP contribution in [-0.2, 0) is 11.2 Å². The first-order valence-corrected chi connectivity index (χ1v) is 6.00. The minimum Gasteiger partial charge on any atom is -0.426 e. The van der Waals surface area contributed by atoms with E-state index in [0.29, 0.717) is 11.6 Å². The molecule has 0 atom stereocenters. The highest BCUT2D eigenvalue weighted by Crippen LogP contribution is 2.12. The van der Waals surface area contributed by atoms with E-state index in [1.807, 2.05) is 42.5 Å². The zero-order valence-electron chi connectivity index (χ0n) is 10.2. The molecule has 1 aromatic heterocycles. The first-order chi connectivity index (χ1) is 9.31. The van der Waals surface area contributed by atoms with Gasteiger partial charge in [-0.05, 0) is 24.3 Å². The van der Waals surface area contributed by atoms with Gasteiger partial charge in [-0.2, -0.15) is 0 Å².